The van der Waals surface area contributed by atoms with Gasteiger partial charge in [-0.1, -0.05) is 0 Å². The van der Waals surface area contributed by atoms with E-state index in [9.17, 15) is 0 Å². The molecule has 0 saturated heterocycles. The third-order valence-corrected chi connectivity index (χ3v) is 3.51. The second kappa shape index (κ2) is 4.74. The van der Waals surface area contributed by atoms with Gasteiger partial charge < -0.3 is 5.73 Å². The highest BCUT2D eigenvalue weighted by molar-refractivity contribution is 7.13. The van der Waals surface area contributed by atoms with E-state index in [0.717, 1.165) is 21.8 Å². The van der Waals surface area contributed by atoms with E-state index in [4.69, 9.17) is 5.73 Å². The standard InChI is InChI=1S/C13H11N5S/c1-8-16-6-10(12(14)17-8)13-18-11(7-19-13)9-3-2-4-15-5-9/h2-7H,1H3,(H2,14,16,17). The SMILES string of the molecule is Cc1ncc(-c2nc(-c3cccnc3)cs2)c(N)n1. The van der Waals surface area contributed by atoms with E-state index in [1.165, 1.54) is 11.3 Å². The highest BCUT2D eigenvalue weighted by Crippen LogP contribution is 2.30. The maximum absolute atomic E-state index is 5.90. The lowest BCUT2D eigenvalue weighted by molar-refractivity contribution is 1.06. The Morgan fingerprint density at radius 2 is 2.11 bits per heavy atom. The molecule has 3 aromatic rings. The Balaban J connectivity index is 2.02. The molecule has 3 rings (SSSR count). The molecule has 2 N–H and O–H groups in total. The Kier molecular flexibility index (Phi) is 2.92. The zero-order chi connectivity index (χ0) is 13.2. The summed E-state index contributed by atoms with van der Waals surface area (Å²) < 4.78 is 0. The predicted octanol–water partition coefficient (Wildman–Crippen LogP) is 2.55. The van der Waals surface area contributed by atoms with Crippen LogP contribution < -0.4 is 5.73 Å². The summed E-state index contributed by atoms with van der Waals surface area (Å²) in [5.74, 6) is 1.12. The number of hydrogen-bond acceptors (Lipinski definition) is 6. The number of hydrogen-bond donors (Lipinski definition) is 1. The summed E-state index contributed by atoms with van der Waals surface area (Å²) in [7, 11) is 0. The summed E-state index contributed by atoms with van der Waals surface area (Å²) in [6.45, 7) is 1.81. The van der Waals surface area contributed by atoms with Gasteiger partial charge in [0.15, 0.2) is 0 Å². The Morgan fingerprint density at radius 1 is 1.21 bits per heavy atom. The highest BCUT2D eigenvalue weighted by atomic mass is 32.1. The molecular weight excluding hydrogens is 258 g/mol. The van der Waals surface area contributed by atoms with Crippen LogP contribution in [0, 0.1) is 6.92 Å². The maximum Gasteiger partial charge on any atom is 0.137 e. The number of nitrogens with zero attached hydrogens (tertiary/aromatic N) is 4. The minimum absolute atomic E-state index is 0.458. The molecule has 19 heavy (non-hydrogen) atoms. The average Bonchev–Trinajstić information content (AvgIpc) is 2.89. The molecule has 0 unspecified atom stereocenters. The first-order valence-corrected chi connectivity index (χ1v) is 6.57. The molecule has 5 nitrogen and oxygen atoms in total. The lowest BCUT2D eigenvalue weighted by atomic mass is 10.2. The highest BCUT2D eigenvalue weighted by Gasteiger charge is 2.10. The second-order valence-electron chi connectivity index (χ2n) is 4.00. The number of nitrogen functional groups attached to an aromatic ring is 1. The van der Waals surface area contributed by atoms with Crippen molar-refractivity contribution in [3.05, 3.63) is 41.9 Å². The van der Waals surface area contributed by atoms with E-state index in [1.807, 2.05) is 24.4 Å². The average molecular weight is 269 g/mol. The zero-order valence-corrected chi connectivity index (χ0v) is 11.1. The van der Waals surface area contributed by atoms with Crippen LogP contribution >= 0.6 is 11.3 Å². The second-order valence-corrected chi connectivity index (χ2v) is 4.85. The molecule has 94 valence electrons. The van der Waals surface area contributed by atoms with Gasteiger partial charge in [-0.3, -0.25) is 4.98 Å². The summed E-state index contributed by atoms with van der Waals surface area (Å²) in [6.07, 6.45) is 5.24. The molecule has 0 aromatic carbocycles. The normalized spacial score (nSPS) is 10.6. The van der Waals surface area contributed by atoms with E-state index < -0.39 is 0 Å². The van der Waals surface area contributed by atoms with Gasteiger partial charge in [-0.25, -0.2) is 15.0 Å². The fourth-order valence-electron chi connectivity index (χ4n) is 1.70. The topological polar surface area (TPSA) is 77.6 Å². The van der Waals surface area contributed by atoms with Gasteiger partial charge in [0.05, 0.1) is 11.3 Å². The first-order chi connectivity index (χ1) is 9.24. The first kappa shape index (κ1) is 11.7. The van der Waals surface area contributed by atoms with E-state index in [0.29, 0.717) is 11.6 Å². The lowest BCUT2D eigenvalue weighted by Crippen LogP contribution is -1.98. The number of aryl methyl sites for hydroxylation is 1. The fourth-order valence-corrected chi connectivity index (χ4v) is 2.54. The quantitative estimate of drug-likeness (QED) is 0.773. The zero-order valence-electron chi connectivity index (χ0n) is 10.2. The van der Waals surface area contributed by atoms with Crippen LogP contribution in [0.5, 0.6) is 0 Å². The van der Waals surface area contributed by atoms with Crippen molar-refractivity contribution in [1.29, 1.82) is 0 Å². The number of pyridine rings is 1. The molecule has 0 aliphatic rings. The van der Waals surface area contributed by atoms with Gasteiger partial charge in [0.25, 0.3) is 0 Å². The van der Waals surface area contributed by atoms with Crippen molar-refractivity contribution in [1.82, 2.24) is 19.9 Å². The largest absolute Gasteiger partial charge is 0.383 e. The molecule has 0 aliphatic heterocycles. The van der Waals surface area contributed by atoms with Crippen molar-refractivity contribution in [3.8, 4) is 21.8 Å². The lowest BCUT2D eigenvalue weighted by Gasteiger charge is -2.01. The van der Waals surface area contributed by atoms with Gasteiger partial charge >= 0.3 is 0 Å². The van der Waals surface area contributed by atoms with Gasteiger partial charge in [0.2, 0.25) is 0 Å². The van der Waals surface area contributed by atoms with Crippen LogP contribution in [-0.4, -0.2) is 19.9 Å². The molecule has 0 fully saturated rings. The fraction of sp³-hybridized carbons (Fsp3) is 0.0769. The molecule has 0 spiro atoms. The molecular formula is C13H11N5S. The van der Waals surface area contributed by atoms with E-state index in [2.05, 4.69) is 19.9 Å². The van der Waals surface area contributed by atoms with E-state index >= 15 is 0 Å². The minimum Gasteiger partial charge on any atom is -0.383 e. The Labute approximate surface area is 114 Å². The third-order valence-electron chi connectivity index (χ3n) is 2.63. The van der Waals surface area contributed by atoms with Crippen LogP contribution in [0.1, 0.15) is 5.82 Å². The summed E-state index contributed by atoms with van der Waals surface area (Å²) in [5, 5.41) is 2.79. The number of anilines is 1. The van der Waals surface area contributed by atoms with E-state index in [-0.39, 0.29) is 0 Å². The van der Waals surface area contributed by atoms with Gasteiger partial charge in [0, 0.05) is 29.5 Å². The van der Waals surface area contributed by atoms with Crippen LogP contribution in [0.4, 0.5) is 5.82 Å². The predicted molar refractivity (Wildman–Crippen MR) is 75.5 cm³/mol. The Hall–Kier alpha value is -2.34. The maximum atomic E-state index is 5.90. The first-order valence-electron chi connectivity index (χ1n) is 5.69. The summed E-state index contributed by atoms with van der Waals surface area (Å²) >= 11 is 1.52. The minimum atomic E-state index is 0.458. The molecule has 3 heterocycles. The monoisotopic (exact) mass is 269 g/mol. The molecule has 6 heteroatoms. The van der Waals surface area contributed by atoms with Crippen molar-refractivity contribution in [2.45, 2.75) is 6.92 Å². The molecule has 0 atom stereocenters. The molecule has 0 saturated carbocycles. The number of rotatable bonds is 2. The third kappa shape index (κ3) is 2.30. The number of nitrogens with two attached hydrogens (primary N) is 1. The summed E-state index contributed by atoms with van der Waals surface area (Å²) in [5.41, 5.74) is 8.54. The van der Waals surface area contributed by atoms with Crippen LogP contribution in [0.25, 0.3) is 21.8 Å². The molecule has 0 amide bonds. The molecule has 0 bridgehead atoms. The summed E-state index contributed by atoms with van der Waals surface area (Å²) in [6, 6.07) is 3.86. The van der Waals surface area contributed by atoms with Gasteiger partial charge in [-0.2, -0.15) is 0 Å². The number of thiazole rings is 1. The van der Waals surface area contributed by atoms with Crippen LogP contribution in [0.2, 0.25) is 0 Å². The molecule has 0 radical (unpaired) electrons. The smallest absolute Gasteiger partial charge is 0.137 e. The van der Waals surface area contributed by atoms with Crippen LogP contribution in [-0.2, 0) is 0 Å². The molecule has 0 aliphatic carbocycles. The number of aromatic nitrogens is 4. The van der Waals surface area contributed by atoms with Crippen molar-refractivity contribution < 1.29 is 0 Å². The Bertz CT molecular complexity index is 708. The van der Waals surface area contributed by atoms with Crippen molar-refractivity contribution in [2.24, 2.45) is 0 Å². The van der Waals surface area contributed by atoms with E-state index in [1.54, 1.807) is 18.6 Å². The van der Waals surface area contributed by atoms with Gasteiger partial charge in [0.1, 0.15) is 16.6 Å². The van der Waals surface area contributed by atoms with Gasteiger partial charge in [-0.15, -0.1) is 11.3 Å². The summed E-state index contributed by atoms with van der Waals surface area (Å²) in [4.78, 5) is 17.0. The molecule has 3 aromatic heterocycles. The van der Waals surface area contributed by atoms with Gasteiger partial charge in [-0.05, 0) is 19.1 Å². The van der Waals surface area contributed by atoms with Crippen LogP contribution in [0.3, 0.4) is 0 Å². The van der Waals surface area contributed by atoms with Crippen LogP contribution in [0.15, 0.2) is 36.1 Å². The Morgan fingerprint density at radius 3 is 2.84 bits per heavy atom. The van der Waals surface area contributed by atoms with Crippen molar-refractivity contribution >= 4 is 17.2 Å². The van der Waals surface area contributed by atoms with Crippen molar-refractivity contribution in [2.75, 3.05) is 5.73 Å². The van der Waals surface area contributed by atoms with Crippen molar-refractivity contribution in [3.63, 3.8) is 0 Å².